The second kappa shape index (κ2) is 10.4. The zero-order chi connectivity index (χ0) is 27.0. The molecule has 1 aliphatic carbocycles. The molecule has 1 aliphatic heterocycles. The van der Waals surface area contributed by atoms with Crippen molar-refractivity contribution in [3.63, 3.8) is 0 Å². The van der Waals surface area contributed by atoms with Gasteiger partial charge < -0.3 is 10.5 Å². The molecule has 5 rings (SSSR count). The van der Waals surface area contributed by atoms with Crippen LogP contribution in [0.1, 0.15) is 47.4 Å². The standard InChI is InChI=1S/C31H27ClFN3O2/c1-18-13-19(2)23(14-20(18)17-38-28-12-4-3-9-25(28)32)29-24(16-34)31(35)36(22-8-5-7-21(33)15-22)26-10-6-11-27(37)30(26)29/h3-5,7-9,12-15,29H,6,10-11,17,35H2,1-2H3. The number of hydrogen-bond donors (Lipinski definition) is 1. The van der Waals surface area contributed by atoms with Crippen molar-refractivity contribution >= 4 is 23.1 Å². The van der Waals surface area contributed by atoms with E-state index in [1.54, 1.807) is 23.1 Å². The first-order chi connectivity index (χ1) is 18.3. The zero-order valence-corrected chi connectivity index (χ0v) is 22.0. The van der Waals surface area contributed by atoms with Crippen LogP contribution in [0.15, 0.2) is 83.3 Å². The number of aryl methyl sites for hydroxylation is 2. The Morgan fingerprint density at radius 1 is 1.11 bits per heavy atom. The fraction of sp³-hybridized carbons (Fsp3) is 0.226. The number of hydrogen-bond acceptors (Lipinski definition) is 5. The van der Waals surface area contributed by atoms with E-state index in [2.05, 4.69) is 6.07 Å². The van der Waals surface area contributed by atoms with E-state index >= 15 is 0 Å². The summed E-state index contributed by atoms with van der Waals surface area (Å²) in [5, 5.41) is 10.8. The van der Waals surface area contributed by atoms with E-state index in [0.717, 1.165) is 28.0 Å². The summed E-state index contributed by atoms with van der Waals surface area (Å²) in [6.07, 6.45) is 1.65. The van der Waals surface area contributed by atoms with E-state index in [1.807, 2.05) is 44.2 Å². The van der Waals surface area contributed by atoms with Crippen LogP contribution in [-0.4, -0.2) is 5.78 Å². The summed E-state index contributed by atoms with van der Waals surface area (Å²) < 4.78 is 20.2. The van der Waals surface area contributed by atoms with Crippen LogP contribution in [0.25, 0.3) is 0 Å². The van der Waals surface area contributed by atoms with Gasteiger partial charge in [-0.15, -0.1) is 0 Å². The molecule has 1 heterocycles. The molecular weight excluding hydrogens is 501 g/mol. The summed E-state index contributed by atoms with van der Waals surface area (Å²) in [7, 11) is 0. The second-order valence-electron chi connectivity index (χ2n) is 9.65. The third kappa shape index (κ3) is 4.55. The number of nitrogens with zero attached hydrogens (tertiary/aromatic N) is 2. The number of benzene rings is 3. The van der Waals surface area contributed by atoms with Gasteiger partial charge in [0, 0.05) is 17.7 Å². The predicted octanol–water partition coefficient (Wildman–Crippen LogP) is 6.98. The molecule has 0 saturated carbocycles. The first kappa shape index (κ1) is 25.6. The lowest BCUT2D eigenvalue weighted by atomic mass is 9.74. The molecule has 5 nitrogen and oxygen atoms in total. The minimum Gasteiger partial charge on any atom is -0.487 e. The van der Waals surface area contributed by atoms with E-state index in [4.69, 9.17) is 22.1 Å². The van der Waals surface area contributed by atoms with Crippen LogP contribution in [0.5, 0.6) is 5.75 Å². The smallest absolute Gasteiger partial charge is 0.161 e. The van der Waals surface area contributed by atoms with Crippen LogP contribution in [0.3, 0.4) is 0 Å². The first-order valence-corrected chi connectivity index (χ1v) is 12.9. The van der Waals surface area contributed by atoms with Crippen LogP contribution < -0.4 is 15.4 Å². The molecular formula is C31H27ClFN3O2. The highest BCUT2D eigenvalue weighted by Crippen LogP contribution is 2.47. The van der Waals surface area contributed by atoms with Crippen LogP contribution in [0.4, 0.5) is 10.1 Å². The Hall–Kier alpha value is -4.08. The highest BCUT2D eigenvalue weighted by Gasteiger charge is 2.41. The number of para-hydroxylation sites is 1. The van der Waals surface area contributed by atoms with E-state index in [0.29, 0.717) is 41.3 Å². The van der Waals surface area contributed by atoms with Gasteiger partial charge in [0.2, 0.25) is 0 Å². The van der Waals surface area contributed by atoms with Gasteiger partial charge in [-0.2, -0.15) is 5.26 Å². The molecule has 0 fully saturated rings. The molecule has 1 unspecified atom stereocenters. The molecule has 0 saturated heterocycles. The number of nitriles is 1. The maximum absolute atomic E-state index is 14.2. The predicted molar refractivity (Wildman–Crippen MR) is 146 cm³/mol. The molecule has 0 spiro atoms. The summed E-state index contributed by atoms with van der Waals surface area (Å²) in [6.45, 7) is 4.24. The van der Waals surface area contributed by atoms with Gasteiger partial charge in [-0.05, 0) is 79.3 Å². The number of allylic oxidation sites excluding steroid dienone is 3. The number of halogens is 2. The molecule has 38 heavy (non-hydrogen) atoms. The number of carbonyl (C=O) groups excluding carboxylic acids is 1. The van der Waals surface area contributed by atoms with Crippen molar-refractivity contribution in [3.8, 4) is 11.8 Å². The maximum Gasteiger partial charge on any atom is 0.161 e. The van der Waals surface area contributed by atoms with Crippen molar-refractivity contribution in [2.45, 2.75) is 45.6 Å². The Labute approximate surface area is 226 Å². The Morgan fingerprint density at radius 2 is 1.89 bits per heavy atom. The van der Waals surface area contributed by atoms with Gasteiger partial charge in [0.15, 0.2) is 5.78 Å². The van der Waals surface area contributed by atoms with Gasteiger partial charge >= 0.3 is 0 Å². The molecule has 0 radical (unpaired) electrons. The monoisotopic (exact) mass is 527 g/mol. The molecule has 1 atom stereocenters. The molecule has 2 aliphatic rings. The third-order valence-electron chi connectivity index (χ3n) is 7.24. The summed E-state index contributed by atoms with van der Waals surface area (Å²) in [4.78, 5) is 15.1. The summed E-state index contributed by atoms with van der Waals surface area (Å²) in [6, 6.07) is 19.6. The lowest BCUT2D eigenvalue weighted by molar-refractivity contribution is -0.116. The molecule has 0 bridgehead atoms. The van der Waals surface area contributed by atoms with Gasteiger partial charge in [-0.3, -0.25) is 9.69 Å². The zero-order valence-electron chi connectivity index (χ0n) is 21.2. The number of anilines is 1. The fourth-order valence-electron chi connectivity index (χ4n) is 5.41. The maximum atomic E-state index is 14.2. The van der Waals surface area contributed by atoms with Crippen molar-refractivity contribution in [3.05, 3.63) is 116 Å². The summed E-state index contributed by atoms with van der Waals surface area (Å²) in [5.74, 6) is -0.268. The van der Waals surface area contributed by atoms with Crippen LogP contribution in [0, 0.1) is 31.0 Å². The largest absolute Gasteiger partial charge is 0.487 e. The van der Waals surface area contributed by atoms with Gasteiger partial charge in [0.05, 0.1) is 28.3 Å². The van der Waals surface area contributed by atoms with Crippen molar-refractivity contribution in [1.29, 1.82) is 5.26 Å². The van der Waals surface area contributed by atoms with Crippen molar-refractivity contribution in [1.82, 2.24) is 0 Å². The Morgan fingerprint density at radius 3 is 2.63 bits per heavy atom. The van der Waals surface area contributed by atoms with Crippen LogP contribution in [-0.2, 0) is 11.4 Å². The Balaban J connectivity index is 1.64. The minimum atomic E-state index is -0.618. The number of rotatable bonds is 5. The van der Waals surface area contributed by atoms with E-state index in [9.17, 15) is 14.4 Å². The number of ketones is 1. The van der Waals surface area contributed by atoms with Gasteiger partial charge in [0.25, 0.3) is 0 Å². The van der Waals surface area contributed by atoms with E-state index in [1.165, 1.54) is 12.1 Å². The van der Waals surface area contributed by atoms with Gasteiger partial charge in [0.1, 0.15) is 24.0 Å². The van der Waals surface area contributed by atoms with Crippen molar-refractivity contribution in [2.75, 3.05) is 4.90 Å². The summed E-state index contributed by atoms with van der Waals surface area (Å²) in [5.41, 5.74) is 12.4. The second-order valence-corrected chi connectivity index (χ2v) is 10.1. The molecule has 2 N–H and O–H groups in total. The number of ether oxygens (including phenoxy) is 1. The molecule has 0 amide bonds. The first-order valence-electron chi connectivity index (χ1n) is 12.5. The van der Waals surface area contributed by atoms with E-state index in [-0.39, 0.29) is 23.8 Å². The van der Waals surface area contributed by atoms with Crippen molar-refractivity contribution in [2.24, 2.45) is 5.73 Å². The highest BCUT2D eigenvalue weighted by molar-refractivity contribution is 6.32. The van der Waals surface area contributed by atoms with Gasteiger partial charge in [-0.25, -0.2) is 4.39 Å². The molecule has 3 aromatic carbocycles. The van der Waals surface area contributed by atoms with Crippen LogP contribution in [0.2, 0.25) is 5.02 Å². The normalized spacial score (nSPS) is 17.4. The van der Waals surface area contributed by atoms with Gasteiger partial charge in [-0.1, -0.05) is 41.9 Å². The Kier molecular flexibility index (Phi) is 6.96. The molecule has 3 aromatic rings. The fourth-order valence-corrected chi connectivity index (χ4v) is 5.60. The summed E-state index contributed by atoms with van der Waals surface area (Å²) >= 11 is 6.28. The lowest BCUT2D eigenvalue weighted by Gasteiger charge is -2.40. The quantitative estimate of drug-likeness (QED) is 0.387. The number of nitrogens with two attached hydrogens (primary N) is 1. The number of Topliss-reactive ketones (excluding diaryl/α,β-unsaturated/α-hetero) is 1. The SMILES string of the molecule is Cc1cc(C)c(C2C(C#N)=C(N)N(c3cccc(F)c3)C3=C2C(=O)CCC3)cc1COc1ccccc1Cl. The third-order valence-corrected chi connectivity index (χ3v) is 7.55. The minimum absolute atomic E-state index is 0.0215. The van der Waals surface area contributed by atoms with Crippen molar-refractivity contribution < 1.29 is 13.9 Å². The topological polar surface area (TPSA) is 79.4 Å². The number of carbonyl (C=O) groups is 1. The average molecular weight is 528 g/mol. The van der Waals surface area contributed by atoms with E-state index < -0.39 is 11.7 Å². The van der Waals surface area contributed by atoms with Crippen LogP contribution >= 0.6 is 11.6 Å². The molecule has 7 heteroatoms. The Bertz CT molecular complexity index is 1550. The highest BCUT2D eigenvalue weighted by atomic mass is 35.5. The molecule has 192 valence electrons. The lowest BCUT2D eigenvalue weighted by Crippen LogP contribution is -2.39. The average Bonchev–Trinajstić information content (AvgIpc) is 2.89. The molecule has 0 aromatic heterocycles.